The fourth-order valence-electron chi connectivity index (χ4n) is 7.69. The van der Waals surface area contributed by atoms with Gasteiger partial charge in [0.25, 0.3) is 22.7 Å². The predicted octanol–water partition coefficient (Wildman–Crippen LogP) is 9.78. The minimum atomic E-state index is -0.656. The summed E-state index contributed by atoms with van der Waals surface area (Å²) in [5, 5.41) is 93.3. The first kappa shape index (κ1) is 39.7. The van der Waals surface area contributed by atoms with Crippen molar-refractivity contribution in [3.8, 4) is 67.5 Å². The third kappa shape index (κ3) is 6.79. The number of benzene rings is 4. The molecule has 6 N–H and O–H groups in total. The van der Waals surface area contributed by atoms with Gasteiger partial charge in [-0.2, -0.15) is 0 Å². The number of aromatic hydroxyl groups is 4. The van der Waals surface area contributed by atoms with Gasteiger partial charge in [0.15, 0.2) is 0 Å². The summed E-state index contributed by atoms with van der Waals surface area (Å²) in [6, 6.07) is 19.6. The number of nitro benzene ring substituents is 4. The van der Waals surface area contributed by atoms with Crippen LogP contribution in [0.2, 0.25) is 0 Å². The zero-order chi connectivity index (χ0) is 45.1. The molecule has 8 bridgehead atoms. The van der Waals surface area contributed by atoms with Crippen molar-refractivity contribution in [1.82, 2.24) is 19.9 Å². The van der Waals surface area contributed by atoms with Crippen molar-refractivity contribution in [2.75, 3.05) is 0 Å². The van der Waals surface area contributed by atoms with Crippen LogP contribution in [0, 0.1) is 40.5 Å². The number of nitrogens with zero attached hydrogens (tertiary/aromatic N) is 6. The molecule has 0 saturated heterocycles. The molecule has 20 heteroatoms. The van der Waals surface area contributed by atoms with Crippen LogP contribution in [0.15, 0.2) is 97.1 Å². The maximum Gasteiger partial charge on any atom is 0.270 e. The third-order valence-corrected chi connectivity index (χ3v) is 10.6. The molecule has 0 aliphatic carbocycles. The first-order valence-electron chi connectivity index (χ1n) is 18.7. The normalized spacial score (nSPS) is 11.8. The molecule has 64 heavy (non-hydrogen) atoms. The fourth-order valence-corrected chi connectivity index (χ4v) is 7.69. The van der Waals surface area contributed by atoms with Crippen molar-refractivity contribution < 1.29 is 40.1 Å². The number of hydrogen-bond donors (Lipinski definition) is 6. The Morgan fingerprint density at radius 3 is 0.781 bits per heavy atom. The molecule has 0 radical (unpaired) electrons. The molecule has 5 heterocycles. The zero-order valence-corrected chi connectivity index (χ0v) is 32.3. The van der Waals surface area contributed by atoms with Crippen LogP contribution in [0.3, 0.4) is 0 Å². The van der Waals surface area contributed by atoms with E-state index in [2.05, 4.69) is 9.97 Å². The van der Waals surface area contributed by atoms with E-state index in [1.165, 1.54) is 24.3 Å². The number of hydrogen-bond acceptors (Lipinski definition) is 14. The van der Waals surface area contributed by atoms with Crippen LogP contribution in [0.25, 0.3) is 90.9 Å². The molecule has 0 atom stereocenters. The number of fused-ring (bicyclic) bond motifs is 8. The SMILES string of the molecule is O=[N+]([O-])c1ccc(O)c(-c2c3nc(c(-c4cc([N+](=O)[O-])ccc4O)c4ccc([nH]4)c(-c4cc([N+](=O)[O-])ccc4O)c4nc(c(-c5cc([N+](=O)[O-])ccc5O)c5ccc2[nH]5)C=C4)C=C3)c1. The first-order chi connectivity index (χ1) is 30.7. The summed E-state index contributed by atoms with van der Waals surface area (Å²) < 4.78 is 0. The highest BCUT2D eigenvalue weighted by Crippen LogP contribution is 2.45. The predicted molar refractivity (Wildman–Crippen MR) is 234 cm³/mol. The molecule has 9 rings (SSSR count). The molecule has 0 fully saturated rings. The minimum Gasteiger partial charge on any atom is -0.507 e. The van der Waals surface area contributed by atoms with Crippen LogP contribution >= 0.6 is 0 Å². The molecule has 2 aliphatic heterocycles. The lowest BCUT2D eigenvalue weighted by atomic mass is 10.0. The monoisotopic (exact) mass is 858 g/mol. The largest absolute Gasteiger partial charge is 0.507 e. The lowest BCUT2D eigenvalue weighted by molar-refractivity contribution is -0.385. The Morgan fingerprint density at radius 2 is 0.578 bits per heavy atom. The van der Waals surface area contributed by atoms with Gasteiger partial charge in [0.05, 0.1) is 42.5 Å². The summed E-state index contributed by atoms with van der Waals surface area (Å²) in [6.07, 6.45) is 6.06. The molecule has 0 amide bonds. The molecule has 314 valence electrons. The Labute approximate surface area is 356 Å². The average molecular weight is 859 g/mol. The quantitative estimate of drug-likeness (QED) is 0.0612. The smallest absolute Gasteiger partial charge is 0.270 e. The molecular formula is C44H26N8O12. The van der Waals surface area contributed by atoms with Gasteiger partial charge in [-0.15, -0.1) is 0 Å². The van der Waals surface area contributed by atoms with E-state index in [9.17, 15) is 60.9 Å². The van der Waals surface area contributed by atoms with Crippen molar-refractivity contribution >= 4 is 69.1 Å². The van der Waals surface area contributed by atoms with Crippen molar-refractivity contribution in [1.29, 1.82) is 0 Å². The third-order valence-electron chi connectivity index (χ3n) is 10.6. The van der Waals surface area contributed by atoms with Gasteiger partial charge in [-0.3, -0.25) is 40.5 Å². The van der Waals surface area contributed by atoms with Crippen molar-refractivity contribution in [2.24, 2.45) is 0 Å². The number of non-ortho nitro benzene ring substituents is 4. The number of H-pyrrole nitrogens is 2. The van der Waals surface area contributed by atoms with E-state index in [0.717, 1.165) is 72.8 Å². The second kappa shape index (κ2) is 15.1. The van der Waals surface area contributed by atoms with Crippen LogP contribution < -0.4 is 0 Å². The van der Waals surface area contributed by atoms with Crippen LogP contribution in [0.5, 0.6) is 23.0 Å². The van der Waals surface area contributed by atoms with Gasteiger partial charge < -0.3 is 30.4 Å². The van der Waals surface area contributed by atoms with Crippen molar-refractivity contribution in [3.05, 3.63) is 160 Å². The summed E-state index contributed by atoms with van der Waals surface area (Å²) >= 11 is 0. The van der Waals surface area contributed by atoms with Gasteiger partial charge in [-0.25, -0.2) is 9.97 Å². The lowest BCUT2D eigenvalue weighted by Gasteiger charge is -2.09. The number of rotatable bonds is 8. The average Bonchev–Trinajstić information content (AvgIpc) is 4.11. The summed E-state index contributed by atoms with van der Waals surface area (Å²) in [5.74, 6) is -1.55. The highest BCUT2D eigenvalue weighted by Gasteiger charge is 2.25. The second-order valence-corrected chi connectivity index (χ2v) is 14.3. The molecule has 4 aromatic carbocycles. The van der Waals surface area contributed by atoms with E-state index < -0.39 is 19.7 Å². The van der Waals surface area contributed by atoms with E-state index in [1.807, 2.05) is 0 Å². The molecular weight excluding hydrogens is 833 g/mol. The maximum absolute atomic E-state index is 12.0. The van der Waals surface area contributed by atoms with E-state index in [1.54, 1.807) is 24.3 Å². The van der Waals surface area contributed by atoms with Gasteiger partial charge in [0.1, 0.15) is 23.0 Å². The number of phenols is 4. The number of aromatic nitrogens is 4. The molecule has 20 nitrogen and oxygen atoms in total. The molecule has 0 spiro atoms. The summed E-state index contributed by atoms with van der Waals surface area (Å²) in [4.78, 5) is 61.7. The van der Waals surface area contributed by atoms with Crippen LogP contribution in [0.4, 0.5) is 22.7 Å². The van der Waals surface area contributed by atoms with Crippen molar-refractivity contribution in [3.63, 3.8) is 0 Å². The number of aromatic amines is 2. The first-order valence-corrected chi connectivity index (χ1v) is 18.7. The topological polar surface area (TPSA) is 311 Å². The molecule has 3 aromatic heterocycles. The Hall–Kier alpha value is -9.72. The number of nitro groups is 4. The standard InChI is InChI=1S/C44H26N8O12/c53-37-13-1-21(49(57)58)17-25(37)41-29-5-7-31(45-29)42(26-18-22(50(59)60)2-14-38(26)54)33-9-11-35(47-33)44(28-20-24(52(63)64)4-16-40(28)56)36-12-10-34(48-36)43(32-8-6-30(41)46-32)27-19-23(51(61)62)3-15-39(27)55/h1-20,45,48,53-56H. The second-order valence-electron chi connectivity index (χ2n) is 14.3. The van der Waals surface area contributed by atoms with E-state index >= 15 is 0 Å². The summed E-state index contributed by atoms with van der Waals surface area (Å²) in [6.45, 7) is 0. The van der Waals surface area contributed by atoms with E-state index in [0.29, 0.717) is 0 Å². The van der Waals surface area contributed by atoms with Gasteiger partial charge in [-0.1, -0.05) is 0 Å². The fraction of sp³-hybridized carbons (Fsp3) is 0. The van der Waals surface area contributed by atoms with E-state index in [-0.39, 0.29) is 135 Å². The Balaban J connectivity index is 1.53. The Kier molecular flexibility index (Phi) is 9.36. The molecule has 0 saturated carbocycles. The van der Waals surface area contributed by atoms with E-state index in [4.69, 9.17) is 9.97 Å². The van der Waals surface area contributed by atoms with Gasteiger partial charge in [0.2, 0.25) is 0 Å². The Morgan fingerprint density at radius 1 is 0.359 bits per heavy atom. The van der Waals surface area contributed by atoms with Gasteiger partial charge in [-0.05, 0) is 72.8 Å². The minimum absolute atomic E-state index is 0.0558. The summed E-state index contributed by atoms with van der Waals surface area (Å²) in [5.41, 5.74) is -0.190. The number of phenolic OH excluding ortho intramolecular Hbond substituents is 4. The van der Waals surface area contributed by atoms with Gasteiger partial charge in [0, 0.05) is 115 Å². The van der Waals surface area contributed by atoms with Gasteiger partial charge >= 0.3 is 0 Å². The Bertz CT molecular complexity index is 3040. The zero-order valence-electron chi connectivity index (χ0n) is 32.3. The van der Waals surface area contributed by atoms with Crippen LogP contribution in [0.1, 0.15) is 22.8 Å². The molecule has 7 aromatic rings. The van der Waals surface area contributed by atoms with Crippen LogP contribution in [-0.4, -0.2) is 60.1 Å². The molecule has 0 unspecified atom stereocenters. The highest BCUT2D eigenvalue weighted by atomic mass is 16.6. The number of nitrogens with one attached hydrogen (secondary N) is 2. The summed E-state index contributed by atoms with van der Waals surface area (Å²) in [7, 11) is 0. The molecule has 2 aliphatic rings. The van der Waals surface area contributed by atoms with Crippen LogP contribution in [-0.2, 0) is 0 Å². The highest BCUT2D eigenvalue weighted by molar-refractivity contribution is 6.02. The maximum atomic E-state index is 12.0. The van der Waals surface area contributed by atoms with Crippen molar-refractivity contribution in [2.45, 2.75) is 0 Å². The lowest BCUT2D eigenvalue weighted by Crippen LogP contribution is -1.93.